The molecule has 0 radical (unpaired) electrons. The number of rotatable bonds is 4. The highest BCUT2D eigenvalue weighted by atomic mass is 32.1. The number of hydrogen-bond acceptors (Lipinski definition) is 4. The minimum Gasteiger partial charge on any atom is -0.341 e. The van der Waals surface area contributed by atoms with E-state index in [-0.39, 0.29) is 11.7 Å². The summed E-state index contributed by atoms with van der Waals surface area (Å²) in [6, 6.07) is 0.407. The first-order valence-electron chi connectivity index (χ1n) is 6.99. The Hall–Kier alpha value is -1.90. The Balaban J connectivity index is 2.22. The summed E-state index contributed by atoms with van der Waals surface area (Å²) in [4.78, 5) is 17.7. The highest BCUT2D eigenvalue weighted by Crippen LogP contribution is 2.29. The van der Waals surface area contributed by atoms with E-state index in [1.807, 2.05) is 20.8 Å². The number of carbonyl (C=O) groups is 1. The van der Waals surface area contributed by atoms with Crippen LogP contribution in [-0.4, -0.2) is 20.7 Å². The van der Waals surface area contributed by atoms with Crippen molar-refractivity contribution in [2.45, 2.75) is 39.4 Å². The van der Waals surface area contributed by atoms with Crippen LogP contribution in [0.1, 0.15) is 51.1 Å². The van der Waals surface area contributed by atoms with E-state index in [2.05, 4.69) is 15.4 Å². The maximum absolute atomic E-state index is 12.7. The number of hydrogen-bond donors (Lipinski definition) is 1. The van der Waals surface area contributed by atoms with Crippen LogP contribution < -0.4 is 5.32 Å². The summed E-state index contributed by atoms with van der Waals surface area (Å²) in [5.41, 5.74) is -0.336. The van der Waals surface area contributed by atoms with Crippen LogP contribution in [0.25, 0.3) is 0 Å². The molecule has 2 aromatic heterocycles. The van der Waals surface area contributed by atoms with E-state index in [9.17, 15) is 18.0 Å². The molecule has 23 heavy (non-hydrogen) atoms. The lowest BCUT2D eigenvalue weighted by molar-refractivity contribution is -0.141. The predicted molar refractivity (Wildman–Crippen MR) is 80.3 cm³/mol. The first-order valence-corrected chi connectivity index (χ1v) is 7.81. The Morgan fingerprint density at radius 1 is 1.43 bits per heavy atom. The smallest absolute Gasteiger partial charge is 0.341 e. The van der Waals surface area contributed by atoms with Gasteiger partial charge in [-0.05, 0) is 20.3 Å². The molecule has 126 valence electrons. The van der Waals surface area contributed by atoms with Gasteiger partial charge in [-0.3, -0.25) is 9.48 Å². The molecule has 0 unspecified atom stereocenters. The third-order valence-corrected chi connectivity index (χ3v) is 4.65. The molecule has 9 heteroatoms. The fraction of sp³-hybridized carbons (Fsp3) is 0.500. The lowest BCUT2D eigenvalue weighted by atomic mass is 10.2. The molecule has 2 aromatic rings. The Morgan fingerprint density at radius 2 is 2.09 bits per heavy atom. The molecule has 0 spiro atoms. The van der Waals surface area contributed by atoms with Crippen molar-refractivity contribution in [3.63, 3.8) is 0 Å². The molecule has 0 aliphatic heterocycles. The highest BCUT2D eigenvalue weighted by Gasteiger charge is 2.35. The molecule has 1 amide bonds. The first kappa shape index (κ1) is 17.5. The molecule has 0 aromatic carbocycles. The van der Waals surface area contributed by atoms with Crippen LogP contribution in [0.3, 0.4) is 0 Å². The Kier molecular flexibility index (Phi) is 4.79. The van der Waals surface area contributed by atoms with Crippen LogP contribution in [0.2, 0.25) is 0 Å². The van der Waals surface area contributed by atoms with E-state index in [4.69, 9.17) is 0 Å². The number of nitrogens with zero attached hydrogens (tertiary/aromatic N) is 3. The molecule has 0 aliphatic rings. The van der Waals surface area contributed by atoms with Gasteiger partial charge in [-0.2, -0.15) is 18.3 Å². The summed E-state index contributed by atoms with van der Waals surface area (Å²) >= 11 is 1.47. The zero-order valence-electron chi connectivity index (χ0n) is 13.2. The fourth-order valence-corrected chi connectivity index (χ4v) is 3.09. The summed E-state index contributed by atoms with van der Waals surface area (Å²) < 4.78 is 38.9. The van der Waals surface area contributed by atoms with Gasteiger partial charge in [0.15, 0.2) is 5.69 Å². The number of halogens is 3. The Bertz CT molecular complexity index is 701. The largest absolute Gasteiger partial charge is 0.435 e. The van der Waals surface area contributed by atoms with Gasteiger partial charge in [0.1, 0.15) is 10.7 Å². The number of thiazole rings is 1. The molecule has 0 fully saturated rings. The van der Waals surface area contributed by atoms with Gasteiger partial charge in [0, 0.05) is 18.0 Å². The van der Waals surface area contributed by atoms with Gasteiger partial charge in [-0.1, -0.05) is 6.92 Å². The molecule has 0 saturated heterocycles. The molecular formula is C14H17F3N4OS. The van der Waals surface area contributed by atoms with Crippen LogP contribution in [0.4, 0.5) is 13.2 Å². The van der Waals surface area contributed by atoms with E-state index in [1.165, 1.54) is 18.4 Å². The van der Waals surface area contributed by atoms with Gasteiger partial charge in [0.2, 0.25) is 0 Å². The Morgan fingerprint density at radius 3 is 2.52 bits per heavy atom. The molecule has 0 aliphatic carbocycles. The van der Waals surface area contributed by atoms with Crippen molar-refractivity contribution in [2.75, 3.05) is 0 Å². The molecule has 2 rings (SSSR count). The third kappa shape index (κ3) is 3.72. The van der Waals surface area contributed by atoms with Crippen molar-refractivity contribution in [3.05, 3.63) is 33.0 Å². The molecule has 0 bridgehead atoms. The van der Waals surface area contributed by atoms with Gasteiger partial charge in [-0.15, -0.1) is 11.3 Å². The fourth-order valence-electron chi connectivity index (χ4n) is 2.04. The molecular weight excluding hydrogens is 329 g/mol. The van der Waals surface area contributed by atoms with Crippen LogP contribution in [0, 0.1) is 13.8 Å². The second-order valence-corrected chi connectivity index (χ2v) is 6.40. The van der Waals surface area contributed by atoms with Crippen molar-refractivity contribution in [1.29, 1.82) is 0 Å². The van der Waals surface area contributed by atoms with E-state index in [0.717, 1.165) is 26.3 Å². The summed E-state index contributed by atoms with van der Waals surface area (Å²) in [5.74, 6) is -0.604. The number of aromatic nitrogens is 3. The second kappa shape index (κ2) is 6.31. The minimum absolute atomic E-state index is 0.138. The van der Waals surface area contributed by atoms with E-state index < -0.39 is 17.8 Å². The number of alkyl halides is 3. The summed E-state index contributed by atoms with van der Waals surface area (Å²) in [5, 5.41) is 6.82. The average molecular weight is 346 g/mol. The van der Waals surface area contributed by atoms with Crippen molar-refractivity contribution in [3.8, 4) is 0 Å². The van der Waals surface area contributed by atoms with Crippen molar-refractivity contribution in [2.24, 2.45) is 7.05 Å². The maximum Gasteiger partial charge on any atom is 0.435 e. The zero-order chi connectivity index (χ0) is 17.4. The van der Waals surface area contributed by atoms with Crippen LogP contribution >= 0.6 is 11.3 Å². The SMILES string of the molecule is CC[C@@H](NC(=O)c1cc(C(F)(F)F)nn1C)c1nc(C)c(C)s1. The predicted octanol–water partition coefficient (Wildman–Crippen LogP) is 3.39. The van der Waals surface area contributed by atoms with Gasteiger partial charge >= 0.3 is 6.18 Å². The van der Waals surface area contributed by atoms with E-state index in [1.54, 1.807) is 0 Å². The molecule has 1 atom stereocenters. The summed E-state index contributed by atoms with van der Waals surface area (Å²) in [6.07, 6.45) is -3.99. The van der Waals surface area contributed by atoms with Crippen molar-refractivity contribution < 1.29 is 18.0 Å². The van der Waals surface area contributed by atoms with Gasteiger partial charge in [0.05, 0.1) is 11.7 Å². The zero-order valence-corrected chi connectivity index (χ0v) is 14.0. The summed E-state index contributed by atoms with van der Waals surface area (Å²) in [7, 11) is 1.31. The minimum atomic E-state index is -4.58. The van der Waals surface area contributed by atoms with Gasteiger partial charge < -0.3 is 5.32 Å². The molecule has 2 heterocycles. The first-order chi connectivity index (χ1) is 10.6. The monoisotopic (exact) mass is 346 g/mol. The number of carbonyl (C=O) groups excluding carboxylic acids is 1. The van der Waals surface area contributed by atoms with E-state index >= 15 is 0 Å². The topological polar surface area (TPSA) is 59.8 Å². The maximum atomic E-state index is 12.7. The van der Waals surface area contributed by atoms with Gasteiger partial charge in [0.25, 0.3) is 5.91 Å². The summed E-state index contributed by atoms with van der Waals surface area (Å²) in [6.45, 7) is 5.68. The van der Waals surface area contributed by atoms with Gasteiger partial charge in [-0.25, -0.2) is 4.98 Å². The highest BCUT2D eigenvalue weighted by molar-refractivity contribution is 7.11. The standard InChI is InChI=1S/C14H17F3N4OS/c1-5-9(13-18-7(2)8(3)23-13)19-12(22)10-6-11(14(15,16)17)20-21(10)4/h6,9H,5H2,1-4H3,(H,19,22)/t9-/m1/s1. The number of nitrogens with one attached hydrogen (secondary N) is 1. The molecule has 5 nitrogen and oxygen atoms in total. The quantitative estimate of drug-likeness (QED) is 0.923. The number of aryl methyl sites for hydroxylation is 3. The van der Waals surface area contributed by atoms with Crippen LogP contribution in [0.5, 0.6) is 0 Å². The Labute approximate surface area is 135 Å². The lowest BCUT2D eigenvalue weighted by Gasteiger charge is -2.14. The average Bonchev–Trinajstić information content (AvgIpc) is 2.99. The van der Waals surface area contributed by atoms with Crippen LogP contribution in [0.15, 0.2) is 6.07 Å². The second-order valence-electron chi connectivity index (χ2n) is 5.16. The molecule has 0 saturated carbocycles. The number of amides is 1. The van der Waals surface area contributed by atoms with Crippen LogP contribution in [-0.2, 0) is 13.2 Å². The van der Waals surface area contributed by atoms with Crippen molar-refractivity contribution in [1.82, 2.24) is 20.1 Å². The lowest BCUT2D eigenvalue weighted by Crippen LogP contribution is -2.29. The third-order valence-electron chi connectivity index (χ3n) is 3.46. The molecule has 1 N–H and O–H groups in total. The van der Waals surface area contributed by atoms with E-state index in [0.29, 0.717) is 6.42 Å². The van der Waals surface area contributed by atoms with Crippen molar-refractivity contribution >= 4 is 17.2 Å². The normalized spacial score (nSPS) is 13.2.